The fraction of sp³-hybridized carbons (Fsp3) is 0.450. The van der Waals surface area contributed by atoms with E-state index >= 15 is 0 Å². The Balaban J connectivity index is 1.49. The van der Waals surface area contributed by atoms with E-state index in [0.717, 1.165) is 38.4 Å². The molecule has 4 rings (SSSR count). The molecule has 0 saturated carbocycles. The van der Waals surface area contributed by atoms with Crippen LogP contribution in [0.25, 0.3) is 0 Å². The summed E-state index contributed by atoms with van der Waals surface area (Å²) in [6, 6.07) is 9.87. The number of aromatic nitrogens is 2. The van der Waals surface area contributed by atoms with Crippen LogP contribution in [0.1, 0.15) is 28.2 Å². The Labute approximate surface area is 153 Å². The van der Waals surface area contributed by atoms with Gasteiger partial charge in [0.15, 0.2) is 0 Å². The van der Waals surface area contributed by atoms with Crippen molar-refractivity contribution in [2.75, 3.05) is 26.2 Å². The standard InChI is InChI=1S/C20H24N4O2/c1-15-4-2-6-17(22-15)20(25)24-9-7-19-18(14-24)23(10-11-26-19)13-16-5-3-8-21-12-16/h2-6,8,12,18-19H,7,9-11,13-14H2,1H3/t18-,19-/m1/s1. The molecular weight excluding hydrogens is 328 g/mol. The summed E-state index contributed by atoms with van der Waals surface area (Å²) in [5, 5.41) is 0. The predicted molar refractivity (Wildman–Crippen MR) is 97.7 cm³/mol. The molecule has 26 heavy (non-hydrogen) atoms. The van der Waals surface area contributed by atoms with Gasteiger partial charge < -0.3 is 9.64 Å². The van der Waals surface area contributed by atoms with Gasteiger partial charge in [-0.15, -0.1) is 0 Å². The monoisotopic (exact) mass is 352 g/mol. The molecule has 0 spiro atoms. The number of carbonyl (C=O) groups excluding carboxylic acids is 1. The molecule has 136 valence electrons. The smallest absolute Gasteiger partial charge is 0.272 e. The van der Waals surface area contributed by atoms with Gasteiger partial charge in [0.05, 0.1) is 18.8 Å². The molecule has 4 heterocycles. The number of aryl methyl sites for hydroxylation is 1. The minimum atomic E-state index is 0.0130. The maximum absolute atomic E-state index is 12.9. The lowest BCUT2D eigenvalue weighted by molar-refractivity contribution is -0.101. The van der Waals surface area contributed by atoms with E-state index in [4.69, 9.17) is 4.74 Å². The molecule has 2 fully saturated rings. The fourth-order valence-electron chi connectivity index (χ4n) is 3.87. The molecule has 0 aliphatic carbocycles. The van der Waals surface area contributed by atoms with Gasteiger partial charge in [0.25, 0.3) is 5.91 Å². The molecule has 6 nitrogen and oxygen atoms in total. The topological polar surface area (TPSA) is 58.6 Å². The van der Waals surface area contributed by atoms with Gasteiger partial charge in [-0.05, 0) is 37.1 Å². The van der Waals surface area contributed by atoms with Crippen LogP contribution in [0.4, 0.5) is 0 Å². The second kappa shape index (κ2) is 7.51. The van der Waals surface area contributed by atoms with Crippen molar-refractivity contribution in [2.24, 2.45) is 0 Å². The van der Waals surface area contributed by atoms with Crippen LogP contribution < -0.4 is 0 Å². The number of nitrogens with zero attached hydrogens (tertiary/aromatic N) is 4. The molecule has 0 N–H and O–H groups in total. The number of likely N-dealkylation sites (tertiary alicyclic amines) is 1. The van der Waals surface area contributed by atoms with Gasteiger partial charge in [0.1, 0.15) is 5.69 Å². The van der Waals surface area contributed by atoms with Crippen molar-refractivity contribution in [3.05, 3.63) is 59.7 Å². The number of pyridine rings is 2. The molecule has 0 unspecified atom stereocenters. The molecule has 2 aliphatic heterocycles. The lowest BCUT2D eigenvalue weighted by Gasteiger charge is -2.47. The summed E-state index contributed by atoms with van der Waals surface area (Å²) in [7, 11) is 0. The predicted octanol–water partition coefficient (Wildman–Crippen LogP) is 1.90. The average molecular weight is 352 g/mol. The van der Waals surface area contributed by atoms with E-state index < -0.39 is 0 Å². The van der Waals surface area contributed by atoms with Crippen LogP contribution in [0.3, 0.4) is 0 Å². The number of carbonyl (C=O) groups is 1. The van der Waals surface area contributed by atoms with Crippen molar-refractivity contribution in [2.45, 2.75) is 32.0 Å². The zero-order chi connectivity index (χ0) is 17.9. The number of hydrogen-bond donors (Lipinski definition) is 0. The summed E-state index contributed by atoms with van der Waals surface area (Å²) in [5.41, 5.74) is 2.58. The Morgan fingerprint density at radius 1 is 1.27 bits per heavy atom. The minimum Gasteiger partial charge on any atom is -0.375 e. The third-order valence-corrected chi connectivity index (χ3v) is 5.20. The van der Waals surface area contributed by atoms with E-state index in [1.165, 1.54) is 5.56 Å². The molecule has 0 aromatic carbocycles. The van der Waals surface area contributed by atoms with Gasteiger partial charge in [-0.1, -0.05) is 12.1 Å². The van der Waals surface area contributed by atoms with Crippen LogP contribution in [0.2, 0.25) is 0 Å². The highest BCUT2D eigenvalue weighted by Crippen LogP contribution is 2.25. The molecule has 2 aliphatic rings. The van der Waals surface area contributed by atoms with E-state index in [1.54, 1.807) is 12.3 Å². The molecule has 2 atom stereocenters. The van der Waals surface area contributed by atoms with Crippen molar-refractivity contribution in [1.82, 2.24) is 19.8 Å². The van der Waals surface area contributed by atoms with E-state index in [-0.39, 0.29) is 18.1 Å². The number of rotatable bonds is 3. The van der Waals surface area contributed by atoms with Crippen LogP contribution >= 0.6 is 0 Å². The summed E-state index contributed by atoms with van der Waals surface area (Å²) >= 11 is 0. The Kier molecular flexibility index (Phi) is 4.95. The van der Waals surface area contributed by atoms with Crippen molar-refractivity contribution in [3.8, 4) is 0 Å². The third-order valence-electron chi connectivity index (χ3n) is 5.20. The van der Waals surface area contributed by atoms with Gasteiger partial charge >= 0.3 is 0 Å². The first-order chi connectivity index (χ1) is 12.7. The molecule has 0 radical (unpaired) electrons. The zero-order valence-corrected chi connectivity index (χ0v) is 15.0. The molecule has 2 aromatic rings. The Morgan fingerprint density at radius 2 is 2.19 bits per heavy atom. The summed E-state index contributed by atoms with van der Waals surface area (Å²) in [6.07, 6.45) is 4.76. The van der Waals surface area contributed by atoms with Crippen molar-refractivity contribution >= 4 is 5.91 Å². The van der Waals surface area contributed by atoms with Crippen LogP contribution in [0.5, 0.6) is 0 Å². The van der Waals surface area contributed by atoms with E-state index in [1.807, 2.05) is 36.2 Å². The SMILES string of the molecule is Cc1cccc(C(=O)N2CC[C@H]3OCCN(Cc4cccnc4)[C@@H]3C2)n1. The average Bonchev–Trinajstić information content (AvgIpc) is 2.68. The summed E-state index contributed by atoms with van der Waals surface area (Å²) in [6.45, 7) is 5.77. The lowest BCUT2D eigenvalue weighted by atomic mass is 9.97. The van der Waals surface area contributed by atoms with Crippen LogP contribution in [-0.2, 0) is 11.3 Å². The molecule has 0 bridgehead atoms. The number of fused-ring (bicyclic) bond motifs is 1. The highest BCUT2D eigenvalue weighted by molar-refractivity contribution is 5.92. The van der Waals surface area contributed by atoms with Crippen LogP contribution in [0, 0.1) is 6.92 Å². The van der Waals surface area contributed by atoms with E-state index in [9.17, 15) is 4.79 Å². The molecule has 2 aromatic heterocycles. The van der Waals surface area contributed by atoms with Crippen LogP contribution in [0.15, 0.2) is 42.7 Å². The van der Waals surface area contributed by atoms with Gasteiger partial charge in [0, 0.05) is 44.3 Å². The molecule has 6 heteroatoms. The number of ether oxygens (including phenoxy) is 1. The molecular formula is C20H24N4O2. The summed E-state index contributed by atoms with van der Waals surface area (Å²) in [4.78, 5) is 25.8. The first kappa shape index (κ1) is 17.1. The number of amides is 1. The third kappa shape index (κ3) is 3.61. The van der Waals surface area contributed by atoms with Gasteiger partial charge in [-0.3, -0.25) is 14.7 Å². The van der Waals surface area contributed by atoms with Gasteiger partial charge in [-0.2, -0.15) is 0 Å². The van der Waals surface area contributed by atoms with E-state index in [0.29, 0.717) is 12.2 Å². The first-order valence-electron chi connectivity index (χ1n) is 9.18. The van der Waals surface area contributed by atoms with Crippen molar-refractivity contribution in [3.63, 3.8) is 0 Å². The van der Waals surface area contributed by atoms with E-state index in [2.05, 4.69) is 20.9 Å². The highest BCUT2D eigenvalue weighted by Gasteiger charge is 2.38. The largest absolute Gasteiger partial charge is 0.375 e. The Morgan fingerprint density at radius 3 is 3.00 bits per heavy atom. The highest BCUT2D eigenvalue weighted by atomic mass is 16.5. The Hall–Kier alpha value is -2.31. The molecule has 2 saturated heterocycles. The van der Waals surface area contributed by atoms with Crippen LogP contribution in [-0.4, -0.2) is 64.1 Å². The zero-order valence-electron chi connectivity index (χ0n) is 15.0. The molecule has 1 amide bonds. The van der Waals surface area contributed by atoms with Gasteiger partial charge in [-0.25, -0.2) is 4.98 Å². The first-order valence-corrected chi connectivity index (χ1v) is 9.18. The fourth-order valence-corrected chi connectivity index (χ4v) is 3.87. The maximum Gasteiger partial charge on any atom is 0.272 e. The lowest BCUT2D eigenvalue weighted by Crippen LogP contribution is -2.60. The Bertz CT molecular complexity index is 767. The van der Waals surface area contributed by atoms with Crippen molar-refractivity contribution < 1.29 is 9.53 Å². The van der Waals surface area contributed by atoms with Crippen molar-refractivity contribution in [1.29, 1.82) is 0 Å². The minimum absolute atomic E-state index is 0.0130. The quantitative estimate of drug-likeness (QED) is 0.844. The number of hydrogen-bond acceptors (Lipinski definition) is 5. The van der Waals surface area contributed by atoms with Gasteiger partial charge in [0.2, 0.25) is 0 Å². The second-order valence-corrected chi connectivity index (χ2v) is 7.01. The summed E-state index contributed by atoms with van der Waals surface area (Å²) in [5.74, 6) is 0.0130. The number of morpholine rings is 1. The maximum atomic E-state index is 12.9. The number of piperidine rings is 1. The second-order valence-electron chi connectivity index (χ2n) is 7.01. The summed E-state index contributed by atoms with van der Waals surface area (Å²) < 4.78 is 5.99. The normalized spacial score (nSPS) is 23.5.